The number of unbranched alkanes of at least 4 members (excludes halogenated alkanes) is 19. The monoisotopic (exact) mass is 767 g/mol. The van der Waals surface area contributed by atoms with Crippen LogP contribution in [-0.4, -0.2) is 37.2 Å². The van der Waals surface area contributed by atoms with Crippen molar-refractivity contribution in [1.82, 2.24) is 0 Å². The Morgan fingerprint density at radius 3 is 1.24 bits per heavy atom. The van der Waals surface area contributed by atoms with Gasteiger partial charge in [0.25, 0.3) is 0 Å². The van der Waals surface area contributed by atoms with E-state index in [2.05, 4.69) is 57.2 Å². The van der Waals surface area contributed by atoms with Crippen LogP contribution < -0.4 is 0 Å². The van der Waals surface area contributed by atoms with Crippen molar-refractivity contribution in [3.05, 3.63) is 72.9 Å². The van der Waals surface area contributed by atoms with Crippen molar-refractivity contribution in [3.8, 4) is 0 Å². The second-order valence-electron chi connectivity index (χ2n) is 14.7. The summed E-state index contributed by atoms with van der Waals surface area (Å²) in [7, 11) is 0. The van der Waals surface area contributed by atoms with E-state index in [0.717, 1.165) is 96.3 Å². The molecule has 55 heavy (non-hydrogen) atoms. The van der Waals surface area contributed by atoms with Crippen LogP contribution in [0.5, 0.6) is 0 Å². The van der Waals surface area contributed by atoms with Crippen molar-refractivity contribution in [3.63, 3.8) is 0 Å². The van der Waals surface area contributed by atoms with E-state index in [1.165, 1.54) is 57.8 Å². The first kappa shape index (κ1) is 51.9. The van der Waals surface area contributed by atoms with Crippen molar-refractivity contribution >= 4 is 17.9 Å². The lowest BCUT2D eigenvalue weighted by Crippen LogP contribution is -2.30. The highest BCUT2D eigenvalue weighted by atomic mass is 16.6. The first-order chi connectivity index (χ1) is 27.0. The first-order valence-electron chi connectivity index (χ1n) is 22.5. The van der Waals surface area contributed by atoms with Gasteiger partial charge in [0.1, 0.15) is 13.2 Å². The van der Waals surface area contributed by atoms with E-state index < -0.39 is 6.10 Å². The van der Waals surface area contributed by atoms with Crippen LogP contribution in [0.25, 0.3) is 0 Å². The van der Waals surface area contributed by atoms with Gasteiger partial charge in [0.15, 0.2) is 6.10 Å². The standard InChI is InChI=1S/C49H82O6/c1-4-7-10-13-16-19-22-24-26-27-30-33-36-39-42-48(51)54-45-46(44-53-47(50)41-38-35-32-29-21-18-15-12-9-6-3)55-49(52)43-40-37-34-31-28-25-23-20-17-14-11-8-5-2/h8,11,14-15,17-18,20,23,25-28,46H,4-7,9-10,12-13,16,19,21-22,24,29-45H2,1-3H3/b11-8-,17-14-,18-15-,23-20-,27-26-,28-25-. The summed E-state index contributed by atoms with van der Waals surface area (Å²) in [4.78, 5) is 37.7. The Morgan fingerprint density at radius 1 is 0.382 bits per heavy atom. The summed E-state index contributed by atoms with van der Waals surface area (Å²) in [5.74, 6) is -0.979. The molecule has 1 atom stereocenters. The largest absolute Gasteiger partial charge is 0.462 e. The maximum atomic E-state index is 12.7. The lowest BCUT2D eigenvalue weighted by Gasteiger charge is -2.18. The molecule has 0 amide bonds. The van der Waals surface area contributed by atoms with Crippen LogP contribution in [0, 0.1) is 0 Å². The van der Waals surface area contributed by atoms with Crippen molar-refractivity contribution in [1.29, 1.82) is 0 Å². The molecule has 0 bridgehead atoms. The van der Waals surface area contributed by atoms with Gasteiger partial charge in [-0.3, -0.25) is 14.4 Å². The third-order valence-electron chi connectivity index (χ3n) is 9.26. The van der Waals surface area contributed by atoms with Crippen LogP contribution in [0.3, 0.4) is 0 Å². The quantitative estimate of drug-likeness (QED) is 0.0204. The molecule has 6 nitrogen and oxygen atoms in total. The summed E-state index contributed by atoms with van der Waals surface area (Å²) >= 11 is 0. The topological polar surface area (TPSA) is 78.9 Å². The van der Waals surface area contributed by atoms with E-state index in [-0.39, 0.29) is 37.5 Å². The van der Waals surface area contributed by atoms with Gasteiger partial charge in [0, 0.05) is 19.3 Å². The molecule has 0 aromatic heterocycles. The Morgan fingerprint density at radius 2 is 0.745 bits per heavy atom. The summed E-state index contributed by atoms with van der Waals surface area (Å²) in [6.07, 6.45) is 53.2. The molecule has 6 heteroatoms. The van der Waals surface area contributed by atoms with E-state index >= 15 is 0 Å². The number of ether oxygens (including phenoxy) is 3. The van der Waals surface area contributed by atoms with Crippen LogP contribution in [-0.2, 0) is 28.6 Å². The summed E-state index contributed by atoms with van der Waals surface area (Å²) in [6, 6.07) is 0. The van der Waals surface area contributed by atoms with Gasteiger partial charge in [-0.1, -0.05) is 171 Å². The number of esters is 3. The molecule has 0 saturated carbocycles. The Balaban J connectivity index is 4.48. The summed E-state index contributed by atoms with van der Waals surface area (Å²) in [5, 5.41) is 0. The molecule has 0 radical (unpaired) electrons. The van der Waals surface area contributed by atoms with Gasteiger partial charge in [0.2, 0.25) is 0 Å². The maximum Gasteiger partial charge on any atom is 0.306 e. The van der Waals surface area contributed by atoms with Gasteiger partial charge in [0.05, 0.1) is 0 Å². The van der Waals surface area contributed by atoms with Crippen LogP contribution in [0.1, 0.15) is 201 Å². The molecule has 314 valence electrons. The molecule has 0 rings (SSSR count). The molecule has 0 heterocycles. The zero-order valence-electron chi connectivity index (χ0n) is 35.7. The fourth-order valence-electron chi connectivity index (χ4n) is 5.84. The minimum atomic E-state index is -0.803. The summed E-state index contributed by atoms with van der Waals surface area (Å²) in [6.45, 7) is 6.37. The van der Waals surface area contributed by atoms with Crippen molar-refractivity contribution in [2.24, 2.45) is 0 Å². The molecule has 0 spiro atoms. The molecule has 0 aliphatic rings. The number of hydrogen-bond acceptors (Lipinski definition) is 6. The lowest BCUT2D eigenvalue weighted by molar-refractivity contribution is -0.167. The van der Waals surface area contributed by atoms with Gasteiger partial charge in [-0.05, 0) is 83.5 Å². The molecular weight excluding hydrogens is 685 g/mol. The Labute approximate surface area is 338 Å². The van der Waals surface area contributed by atoms with E-state index in [1.807, 2.05) is 36.5 Å². The highest BCUT2D eigenvalue weighted by Crippen LogP contribution is 2.12. The smallest absolute Gasteiger partial charge is 0.306 e. The third kappa shape index (κ3) is 41.8. The predicted octanol–water partition coefficient (Wildman–Crippen LogP) is 14.3. The summed E-state index contributed by atoms with van der Waals surface area (Å²) < 4.78 is 16.6. The van der Waals surface area contributed by atoms with Crippen LogP contribution >= 0.6 is 0 Å². The van der Waals surface area contributed by atoms with Crippen molar-refractivity contribution in [2.45, 2.75) is 207 Å². The second-order valence-corrected chi connectivity index (χ2v) is 14.7. The number of carbonyl (C=O) groups excluding carboxylic acids is 3. The number of hydrogen-bond donors (Lipinski definition) is 0. The minimum absolute atomic E-state index is 0.103. The average molecular weight is 767 g/mol. The van der Waals surface area contributed by atoms with Gasteiger partial charge in [-0.2, -0.15) is 0 Å². The Kier molecular flexibility index (Phi) is 41.1. The predicted molar refractivity (Wildman–Crippen MR) is 233 cm³/mol. The van der Waals surface area contributed by atoms with Crippen LogP contribution in [0.2, 0.25) is 0 Å². The van der Waals surface area contributed by atoms with Crippen LogP contribution in [0.4, 0.5) is 0 Å². The molecule has 1 unspecified atom stereocenters. The molecule has 0 saturated heterocycles. The average Bonchev–Trinajstić information content (AvgIpc) is 3.18. The fraction of sp³-hybridized carbons (Fsp3) is 0.694. The van der Waals surface area contributed by atoms with Gasteiger partial charge in [-0.15, -0.1) is 0 Å². The molecular formula is C49H82O6. The molecule has 0 aliphatic carbocycles. The van der Waals surface area contributed by atoms with Gasteiger partial charge in [-0.25, -0.2) is 0 Å². The van der Waals surface area contributed by atoms with E-state index in [9.17, 15) is 14.4 Å². The maximum absolute atomic E-state index is 12.7. The fourth-order valence-corrected chi connectivity index (χ4v) is 5.84. The molecule has 0 fully saturated rings. The van der Waals surface area contributed by atoms with Crippen molar-refractivity contribution < 1.29 is 28.6 Å². The van der Waals surface area contributed by atoms with E-state index in [0.29, 0.717) is 19.3 Å². The van der Waals surface area contributed by atoms with E-state index in [1.54, 1.807) is 0 Å². The Hall–Kier alpha value is -3.15. The molecule has 0 N–H and O–H groups in total. The highest BCUT2D eigenvalue weighted by molar-refractivity contribution is 5.71. The van der Waals surface area contributed by atoms with Gasteiger partial charge < -0.3 is 14.2 Å². The second kappa shape index (κ2) is 43.6. The minimum Gasteiger partial charge on any atom is -0.462 e. The van der Waals surface area contributed by atoms with E-state index in [4.69, 9.17) is 14.2 Å². The van der Waals surface area contributed by atoms with Crippen LogP contribution in [0.15, 0.2) is 72.9 Å². The molecule has 0 aliphatic heterocycles. The first-order valence-corrected chi connectivity index (χ1v) is 22.5. The third-order valence-corrected chi connectivity index (χ3v) is 9.26. The number of carbonyl (C=O) groups is 3. The summed E-state index contributed by atoms with van der Waals surface area (Å²) in [5.41, 5.74) is 0. The SMILES string of the molecule is CC\C=C/C=C\C=C/C=C\CCCCCC(=O)OC(COC(=O)CCCCC/C=C\CCCCCCCCC)COC(=O)CCCCCC/C=C\CCCC. The van der Waals surface area contributed by atoms with Gasteiger partial charge >= 0.3 is 17.9 Å². The number of rotatable bonds is 39. The molecule has 0 aromatic rings. The number of allylic oxidation sites excluding steroid dienone is 12. The lowest BCUT2D eigenvalue weighted by atomic mass is 10.1. The molecule has 0 aromatic carbocycles. The zero-order chi connectivity index (χ0) is 40.1. The Bertz CT molecular complexity index is 1070. The highest BCUT2D eigenvalue weighted by Gasteiger charge is 2.19. The normalized spacial score (nSPS) is 12.7. The zero-order valence-corrected chi connectivity index (χ0v) is 35.7. The van der Waals surface area contributed by atoms with Crippen molar-refractivity contribution in [2.75, 3.05) is 13.2 Å².